The van der Waals surface area contributed by atoms with Crippen LogP contribution in [0.25, 0.3) is 0 Å². The zero-order valence-corrected chi connectivity index (χ0v) is 15.4. The molecule has 110 valence electrons. The fourth-order valence-corrected chi connectivity index (χ4v) is 3.15. The average Bonchev–Trinajstić information content (AvgIpc) is 2.47. The summed E-state index contributed by atoms with van der Waals surface area (Å²) < 4.78 is 7.02. The van der Waals surface area contributed by atoms with Gasteiger partial charge in [-0.1, -0.05) is 18.2 Å². The number of methoxy groups -OCH3 is 1. The van der Waals surface area contributed by atoms with Crippen LogP contribution in [0.3, 0.4) is 0 Å². The van der Waals surface area contributed by atoms with E-state index in [4.69, 9.17) is 4.74 Å². The van der Waals surface area contributed by atoms with Crippen LogP contribution in [-0.2, 0) is 0 Å². The molecule has 0 saturated heterocycles. The minimum atomic E-state index is -0.0873. The van der Waals surface area contributed by atoms with Crippen LogP contribution in [0.4, 0.5) is 0 Å². The summed E-state index contributed by atoms with van der Waals surface area (Å²) in [5.41, 5.74) is 1.71. The van der Waals surface area contributed by atoms with Crippen LogP contribution in [0.15, 0.2) is 46.9 Å². The van der Waals surface area contributed by atoms with Crippen LogP contribution in [0.1, 0.15) is 28.9 Å². The van der Waals surface area contributed by atoms with Crippen molar-refractivity contribution in [2.75, 3.05) is 7.11 Å². The highest BCUT2D eigenvalue weighted by Crippen LogP contribution is 2.28. The first-order chi connectivity index (χ1) is 10.0. The SMILES string of the molecule is COc1ccc(C(C)NC(=O)c2ccccc2I)cc1Br. The zero-order chi connectivity index (χ0) is 15.4. The molecule has 2 aromatic rings. The molecule has 0 aliphatic rings. The lowest BCUT2D eigenvalue weighted by Crippen LogP contribution is -2.27. The van der Waals surface area contributed by atoms with Gasteiger partial charge in [-0.3, -0.25) is 4.79 Å². The van der Waals surface area contributed by atoms with Gasteiger partial charge in [-0.05, 0) is 75.3 Å². The Morgan fingerprint density at radius 2 is 2.00 bits per heavy atom. The molecule has 1 atom stereocenters. The molecule has 5 heteroatoms. The maximum Gasteiger partial charge on any atom is 0.252 e. The number of ether oxygens (including phenoxy) is 1. The Morgan fingerprint density at radius 3 is 2.62 bits per heavy atom. The monoisotopic (exact) mass is 459 g/mol. The van der Waals surface area contributed by atoms with Gasteiger partial charge in [-0.15, -0.1) is 0 Å². The second-order valence-electron chi connectivity index (χ2n) is 4.57. The number of carbonyl (C=O) groups is 1. The Hall–Kier alpha value is -1.08. The van der Waals surface area contributed by atoms with E-state index in [0.717, 1.165) is 19.4 Å². The van der Waals surface area contributed by atoms with Crippen molar-refractivity contribution in [3.05, 3.63) is 61.6 Å². The van der Waals surface area contributed by atoms with Gasteiger partial charge in [-0.25, -0.2) is 0 Å². The molecule has 0 fully saturated rings. The van der Waals surface area contributed by atoms with Gasteiger partial charge in [0.2, 0.25) is 0 Å². The Bertz CT molecular complexity index is 660. The fraction of sp³-hybridized carbons (Fsp3) is 0.188. The molecule has 2 aromatic carbocycles. The predicted octanol–water partition coefficient (Wildman–Crippen LogP) is 4.55. The van der Waals surface area contributed by atoms with E-state index in [9.17, 15) is 4.79 Å². The molecule has 3 nitrogen and oxygen atoms in total. The van der Waals surface area contributed by atoms with Crippen LogP contribution in [-0.4, -0.2) is 13.0 Å². The topological polar surface area (TPSA) is 38.3 Å². The predicted molar refractivity (Wildman–Crippen MR) is 95.7 cm³/mol. The summed E-state index contributed by atoms with van der Waals surface area (Å²) in [6.45, 7) is 1.96. The number of nitrogens with one attached hydrogen (secondary N) is 1. The highest BCUT2D eigenvalue weighted by Gasteiger charge is 2.14. The van der Waals surface area contributed by atoms with Crippen LogP contribution in [0.5, 0.6) is 5.75 Å². The maximum absolute atomic E-state index is 12.3. The fourth-order valence-electron chi connectivity index (χ4n) is 1.96. The number of carbonyl (C=O) groups excluding carboxylic acids is 1. The number of hydrogen-bond donors (Lipinski definition) is 1. The van der Waals surface area contributed by atoms with E-state index in [1.54, 1.807) is 7.11 Å². The van der Waals surface area contributed by atoms with Gasteiger partial charge in [-0.2, -0.15) is 0 Å². The Labute approximate surface area is 146 Å². The number of rotatable bonds is 4. The van der Waals surface area contributed by atoms with Crippen molar-refractivity contribution in [1.82, 2.24) is 5.32 Å². The third-order valence-corrected chi connectivity index (χ3v) is 4.70. The summed E-state index contributed by atoms with van der Waals surface area (Å²) >= 11 is 5.63. The number of hydrogen-bond acceptors (Lipinski definition) is 2. The highest BCUT2D eigenvalue weighted by molar-refractivity contribution is 14.1. The normalized spacial score (nSPS) is 11.8. The molecule has 0 saturated carbocycles. The third-order valence-electron chi connectivity index (χ3n) is 3.14. The summed E-state index contributed by atoms with van der Waals surface area (Å²) in [4.78, 5) is 12.3. The lowest BCUT2D eigenvalue weighted by Gasteiger charge is -2.16. The number of halogens is 2. The Balaban J connectivity index is 2.14. The van der Waals surface area contributed by atoms with E-state index >= 15 is 0 Å². The van der Waals surface area contributed by atoms with Gasteiger partial charge in [0.25, 0.3) is 5.91 Å². The van der Waals surface area contributed by atoms with Crippen molar-refractivity contribution < 1.29 is 9.53 Å². The van der Waals surface area contributed by atoms with Crippen LogP contribution >= 0.6 is 38.5 Å². The number of benzene rings is 2. The summed E-state index contributed by atoms with van der Waals surface area (Å²) in [6.07, 6.45) is 0. The molecule has 0 bridgehead atoms. The van der Waals surface area contributed by atoms with Gasteiger partial charge in [0.05, 0.1) is 23.2 Å². The molecule has 0 spiro atoms. The second kappa shape index (κ2) is 7.26. The van der Waals surface area contributed by atoms with Gasteiger partial charge < -0.3 is 10.1 Å². The van der Waals surface area contributed by atoms with E-state index in [1.165, 1.54) is 0 Å². The van der Waals surface area contributed by atoms with Crippen molar-refractivity contribution in [3.8, 4) is 5.75 Å². The van der Waals surface area contributed by atoms with Crippen LogP contribution < -0.4 is 10.1 Å². The highest BCUT2D eigenvalue weighted by atomic mass is 127. The van der Waals surface area contributed by atoms with Gasteiger partial charge in [0, 0.05) is 3.57 Å². The van der Waals surface area contributed by atoms with Gasteiger partial charge in [0.15, 0.2) is 0 Å². The molecule has 0 aliphatic carbocycles. The molecule has 0 aliphatic heterocycles. The number of amides is 1. The molecule has 1 amide bonds. The van der Waals surface area contributed by atoms with E-state index in [1.807, 2.05) is 49.4 Å². The van der Waals surface area contributed by atoms with Gasteiger partial charge >= 0.3 is 0 Å². The molecular weight excluding hydrogens is 445 g/mol. The molecule has 21 heavy (non-hydrogen) atoms. The minimum Gasteiger partial charge on any atom is -0.496 e. The van der Waals surface area contributed by atoms with Crippen molar-refractivity contribution in [2.45, 2.75) is 13.0 Å². The van der Waals surface area contributed by atoms with Crippen LogP contribution in [0.2, 0.25) is 0 Å². The quantitative estimate of drug-likeness (QED) is 0.681. The molecule has 2 rings (SSSR count). The van der Waals surface area contributed by atoms with Crippen molar-refractivity contribution in [3.63, 3.8) is 0 Å². The van der Waals surface area contributed by atoms with E-state index < -0.39 is 0 Å². The molecule has 1 N–H and O–H groups in total. The van der Waals surface area contributed by atoms with Crippen molar-refractivity contribution >= 4 is 44.4 Å². The van der Waals surface area contributed by atoms with E-state index in [2.05, 4.69) is 43.8 Å². The smallest absolute Gasteiger partial charge is 0.252 e. The van der Waals surface area contributed by atoms with Gasteiger partial charge in [0.1, 0.15) is 5.75 Å². The molecule has 0 radical (unpaired) electrons. The lowest BCUT2D eigenvalue weighted by atomic mass is 10.1. The molecular formula is C16H15BrINO2. The van der Waals surface area contributed by atoms with E-state index in [0.29, 0.717) is 5.56 Å². The maximum atomic E-state index is 12.3. The summed E-state index contributed by atoms with van der Waals surface area (Å²) in [5, 5.41) is 3.01. The van der Waals surface area contributed by atoms with Crippen LogP contribution in [0, 0.1) is 3.57 Å². The Morgan fingerprint density at radius 1 is 1.29 bits per heavy atom. The largest absolute Gasteiger partial charge is 0.496 e. The lowest BCUT2D eigenvalue weighted by molar-refractivity contribution is 0.0939. The minimum absolute atomic E-state index is 0.0700. The first-order valence-electron chi connectivity index (χ1n) is 6.41. The van der Waals surface area contributed by atoms with Crippen molar-refractivity contribution in [1.29, 1.82) is 0 Å². The molecule has 0 heterocycles. The molecule has 0 aromatic heterocycles. The summed E-state index contributed by atoms with van der Waals surface area (Å²) in [7, 11) is 1.63. The summed E-state index contributed by atoms with van der Waals surface area (Å²) in [6, 6.07) is 13.2. The first-order valence-corrected chi connectivity index (χ1v) is 8.29. The molecule has 1 unspecified atom stereocenters. The zero-order valence-electron chi connectivity index (χ0n) is 11.7. The standard InChI is InChI=1S/C16H15BrINO2/c1-10(11-7-8-15(21-2)13(17)9-11)19-16(20)12-5-3-4-6-14(12)18/h3-10H,1-2H3,(H,19,20). The summed E-state index contributed by atoms with van der Waals surface area (Å²) in [5.74, 6) is 0.703. The second-order valence-corrected chi connectivity index (χ2v) is 6.59. The van der Waals surface area contributed by atoms with E-state index in [-0.39, 0.29) is 11.9 Å². The van der Waals surface area contributed by atoms with Crippen molar-refractivity contribution in [2.24, 2.45) is 0 Å². The third kappa shape index (κ3) is 3.97. The average molecular weight is 460 g/mol. The Kier molecular flexibility index (Phi) is 5.64. The first kappa shape index (κ1) is 16.3.